The molecule has 0 saturated carbocycles. The van der Waals surface area contributed by atoms with E-state index < -0.39 is 0 Å². The maximum Gasteiger partial charge on any atom is 0.260 e. The lowest BCUT2D eigenvalue weighted by molar-refractivity contribution is 0.0917. The summed E-state index contributed by atoms with van der Waals surface area (Å²) in [4.78, 5) is 19.6. The largest absolute Gasteiger partial charge is 0.495 e. The van der Waals surface area contributed by atoms with Gasteiger partial charge in [0.2, 0.25) is 0 Å². The number of nitrogens with zero attached hydrogens (tertiary/aromatic N) is 2. The molecule has 152 valence electrons. The van der Waals surface area contributed by atoms with E-state index >= 15 is 0 Å². The van der Waals surface area contributed by atoms with Crippen LogP contribution >= 0.6 is 11.3 Å². The summed E-state index contributed by atoms with van der Waals surface area (Å²) in [5, 5.41) is 0.521. The highest BCUT2D eigenvalue weighted by Crippen LogP contribution is 2.40. The Labute approximate surface area is 171 Å². The third-order valence-electron chi connectivity index (χ3n) is 4.88. The molecule has 4 rings (SSSR count). The van der Waals surface area contributed by atoms with Crippen LogP contribution in [0.4, 0.5) is 9.52 Å². The summed E-state index contributed by atoms with van der Waals surface area (Å²) in [5.74, 6) is 0.629. The van der Waals surface area contributed by atoms with Crippen LogP contribution in [-0.4, -0.2) is 44.4 Å². The minimum Gasteiger partial charge on any atom is -0.495 e. The van der Waals surface area contributed by atoms with Crippen LogP contribution < -0.4 is 14.4 Å². The summed E-state index contributed by atoms with van der Waals surface area (Å²) in [6.07, 6.45) is 1.78. The van der Waals surface area contributed by atoms with E-state index in [-0.39, 0.29) is 17.8 Å². The van der Waals surface area contributed by atoms with E-state index in [9.17, 15) is 9.18 Å². The molecule has 3 aromatic rings. The standard InChI is InChI=1S/C21H21FN2O4S/c1-26-16-9-10-17(27-2)19-18(16)23-21(29-19)24(12-15-4-3-11-28-15)20(25)13-5-7-14(22)8-6-13/h5-10,15H,3-4,11-12H2,1-2H3. The Hall–Kier alpha value is -2.71. The number of amides is 1. The van der Waals surface area contributed by atoms with Crippen LogP contribution in [0.5, 0.6) is 11.5 Å². The van der Waals surface area contributed by atoms with E-state index in [1.54, 1.807) is 25.2 Å². The van der Waals surface area contributed by atoms with Gasteiger partial charge < -0.3 is 14.2 Å². The van der Waals surface area contributed by atoms with Gasteiger partial charge in [-0.25, -0.2) is 9.37 Å². The lowest BCUT2D eigenvalue weighted by atomic mass is 10.1. The predicted molar refractivity (Wildman–Crippen MR) is 110 cm³/mol. The van der Waals surface area contributed by atoms with Gasteiger partial charge in [-0.15, -0.1) is 0 Å². The molecule has 6 nitrogen and oxygen atoms in total. The number of rotatable bonds is 6. The second kappa shape index (κ2) is 8.34. The highest BCUT2D eigenvalue weighted by molar-refractivity contribution is 7.22. The van der Waals surface area contributed by atoms with E-state index in [1.165, 1.54) is 35.6 Å². The van der Waals surface area contributed by atoms with Gasteiger partial charge in [-0.2, -0.15) is 0 Å². The summed E-state index contributed by atoms with van der Waals surface area (Å²) in [6, 6.07) is 9.12. The number of aromatic nitrogens is 1. The summed E-state index contributed by atoms with van der Waals surface area (Å²) < 4.78 is 30.8. The second-order valence-corrected chi connectivity index (χ2v) is 7.68. The highest BCUT2D eigenvalue weighted by Gasteiger charge is 2.28. The molecule has 0 aliphatic carbocycles. The molecule has 8 heteroatoms. The minimum absolute atomic E-state index is 0.0600. The van der Waals surface area contributed by atoms with Crippen molar-refractivity contribution >= 4 is 32.6 Å². The normalized spacial score (nSPS) is 16.2. The topological polar surface area (TPSA) is 60.9 Å². The smallest absolute Gasteiger partial charge is 0.260 e. The van der Waals surface area contributed by atoms with Gasteiger partial charge in [0.15, 0.2) is 5.13 Å². The molecule has 1 unspecified atom stereocenters. The molecule has 0 radical (unpaired) electrons. The average molecular weight is 416 g/mol. The molecule has 2 aromatic carbocycles. The fourth-order valence-electron chi connectivity index (χ4n) is 3.38. The predicted octanol–water partition coefficient (Wildman–Crippen LogP) is 4.28. The van der Waals surface area contributed by atoms with Crippen molar-refractivity contribution in [3.8, 4) is 11.5 Å². The number of hydrogen-bond acceptors (Lipinski definition) is 6. The van der Waals surface area contributed by atoms with Crippen molar-refractivity contribution in [1.29, 1.82) is 0 Å². The Morgan fingerprint density at radius 1 is 1.21 bits per heavy atom. The van der Waals surface area contributed by atoms with Gasteiger partial charge in [0.1, 0.15) is 27.5 Å². The summed E-state index contributed by atoms with van der Waals surface area (Å²) >= 11 is 1.35. The quantitative estimate of drug-likeness (QED) is 0.600. The third-order valence-corrected chi connectivity index (χ3v) is 5.97. The molecule has 1 amide bonds. The number of carbonyl (C=O) groups excluding carboxylic acids is 1. The van der Waals surface area contributed by atoms with Crippen molar-refractivity contribution in [2.24, 2.45) is 0 Å². The minimum atomic E-state index is -0.387. The molecule has 29 heavy (non-hydrogen) atoms. The maximum absolute atomic E-state index is 13.3. The molecule has 1 fully saturated rings. The first kappa shape index (κ1) is 19.6. The van der Waals surface area contributed by atoms with Crippen LogP contribution in [0.3, 0.4) is 0 Å². The van der Waals surface area contributed by atoms with Crippen molar-refractivity contribution in [3.05, 3.63) is 47.8 Å². The molecule has 2 heterocycles. The molecule has 1 atom stereocenters. The molecular weight excluding hydrogens is 395 g/mol. The Bertz CT molecular complexity index is 974. The number of ether oxygens (including phenoxy) is 3. The Kier molecular flexibility index (Phi) is 5.64. The number of thiazole rings is 1. The van der Waals surface area contributed by atoms with Crippen LogP contribution in [0.15, 0.2) is 36.4 Å². The number of anilines is 1. The fraction of sp³-hybridized carbons (Fsp3) is 0.333. The number of halogens is 1. The van der Waals surface area contributed by atoms with Gasteiger partial charge in [0.05, 0.1) is 26.9 Å². The van der Waals surface area contributed by atoms with Gasteiger partial charge in [-0.05, 0) is 49.2 Å². The third kappa shape index (κ3) is 3.90. The van der Waals surface area contributed by atoms with Gasteiger partial charge in [-0.3, -0.25) is 9.69 Å². The van der Waals surface area contributed by atoms with Crippen molar-refractivity contribution in [3.63, 3.8) is 0 Å². The average Bonchev–Trinajstić information content (AvgIpc) is 3.41. The first-order valence-electron chi connectivity index (χ1n) is 9.31. The molecule has 1 saturated heterocycles. The van der Waals surface area contributed by atoms with Crippen LogP contribution in [-0.2, 0) is 4.74 Å². The van der Waals surface area contributed by atoms with Gasteiger partial charge in [0, 0.05) is 12.2 Å². The number of hydrogen-bond donors (Lipinski definition) is 0. The Morgan fingerprint density at radius 3 is 2.59 bits per heavy atom. The summed E-state index contributed by atoms with van der Waals surface area (Å²) in [7, 11) is 3.17. The van der Waals surface area contributed by atoms with E-state index in [0.29, 0.717) is 40.9 Å². The van der Waals surface area contributed by atoms with Crippen LogP contribution in [0.2, 0.25) is 0 Å². The molecule has 0 N–H and O–H groups in total. The Balaban J connectivity index is 1.77. The fourth-order valence-corrected chi connectivity index (χ4v) is 4.46. The van der Waals surface area contributed by atoms with Gasteiger partial charge >= 0.3 is 0 Å². The van der Waals surface area contributed by atoms with E-state index in [2.05, 4.69) is 4.98 Å². The Morgan fingerprint density at radius 2 is 1.93 bits per heavy atom. The summed E-state index contributed by atoms with van der Waals surface area (Å²) in [5.41, 5.74) is 1.03. The first-order chi connectivity index (χ1) is 14.1. The van der Waals surface area contributed by atoms with E-state index in [4.69, 9.17) is 14.2 Å². The van der Waals surface area contributed by atoms with Crippen LogP contribution in [0.1, 0.15) is 23.2 Å². The SMILES string of the molecule is COc1ccc(OC)c2sc(N(CC3CCCO3)C(=O)c3ccc(F)cc3)nc12. The zero-order chi connectivity index (χ0) is 20.4. The van der Waals surface area contributed by atoms with Crippen molar-refractivity contribution in [2.75, 3.05) is 32.3 Å². The number of methoxy groups -OCH3 is 2. The second-order valence-electron chi connectivity index (χ2n) is 6.70. The summed E-state index contributed by atoms with van der Waals surface area (Å²) in [6.45, 7) is 1.06. The number of benzene rings is 2. The van der Waals surface area contributed by atoms with E-state index in [1.807, 2.05) is 6.07 Å². The highest BCUT2D eigenvalue weighted by atomic mass is 32.1. The zero-order valence-corrected chi connectivity index (χ0v) is 17.0. The van der Waals surface area contributed by atoms with Gasteiger partial charge in [-0.1, -0.05) is 11.3 Å². The maximum atomic E-state index is 13.3. The molecule has 0 bridgehead atoms. The molecule has 1 aliphatic heterocycles. The zero-order valence-electron chi connectivity index (χ0n) is 16.2. The number of fused-ring (bicyclic) bond motifs is 1. The lowest BCUT2D eigenvalue weighted by Crippen LogP contribution is -2.37. The lowest BCUT2D eigenvalue weighted by Gasteiger charge is -2.23. The molecule has 0 spiro atoms. The van der Waals surface area contributed by atoms with Crippen molar-refractivity contribution in [2.45, 2.75) is 18.9 Å². The molecule has 1 aromatic heterocycles. The molecule has 1 aliphatic rings. The van der Waals surface area contributed by atoms with Crippen molar-refractivity contribution in [1.82, 2.24) is 4.98 Å². The van der Waals surface area contributed by atoms with Crippen LogP contribution in [0, 0.1) is 5.82 Å². The first-order valence-corrected chi connectivity index (χ1v) is 10.1. The van der Waals surface area contributed by atoms with E-state index in [0.717, 1.165) is 17.5 Å². The monoisotopic (exact) mass is 416 g/mol. The van der Waals surface area contributed by atoms with Crippen LogP contribution in [0.25, 0.3) is 10.2 Å². The van der Waals surface area contributed by atoms with Crippen molar-refractivity contribution < 1.29 is 23.4 Å². The van der Waals surface area contributed by atoms with Gasteiger partial charge in [0.25, 0.3) is 5.91 Å². The molecular formula is C21H21FN2O4S. The number of carbonyl (C=O) groups is 1.